The summed E-state index contributed by atoms with van der Waals surface area (Å²) >= 11 is 0. The molecule has 5 nitrogen and oxygen atoms in total. The van der Waals surface area contributed by atoms with Crippen LogP contribution in [0.25, 0.3) is 0 Å². The van der Waals surface area contributed by atoms with E-state index >= 15 is 0 Å². The first-order valence-electron chi connectivity index (χ1n) is 9.28. The zero-order valence-corrected chi connectivity index (χ0v) is 15.9. The largest absolute Gasteiger partial charge is 0.324 e. The smallest absolute Gasteiger partial charge is 0.294 e. The monoisotopic (exact) mass is 372 g/mol. The minimum atomic E-state index is -0.746. The summed E-state index contributed by atoms with van der Waals surface area (Å²) in [4.78, 5) is 28.0. The number of hydrogen-bond acceptors (Lipinski definition) is 2. The van der Waals surface area contributed by atoms with Gasteiger partial charge in [-0.15, -0.1) is 0 Å². The number of benzene rings is 2. The number of carbonyl (C=O) groups is 2. The fourth-order valence-electron chi connectivity index (χ4n) is 3.54. The van der Waals surface area contributed by atoms with Crippen molar-refractivity contribution in [3.8, 4) is 0 Å². The summed E-state index contributed by atoms with van der Waals surface area (Å²) in [5.41, 5.74) is 4.32. The molecule has 1 N–H and O–H groups in total. The second kappa shape index (κ2) is 7.27. The van der Waals surface area contributed by atoms with E-state index in [9.17, 15) is 9.59 Å². The lowest BCUT2D eigenvalue weighted by molar-refractivity contribution is -0.695. The van der Waals surface area contributed by atoms with Crippen LogP contribution >= 0.6 is 0 Å². The Kier molecular flexibility index (Phi) is 4.65. The number of para-hydroxylation sites is 1. The van der Waals surface area contributed by atoms with E-state index in [4.69, 9.17) is 0 Å². The summed E-state index contributed by atoms with van der Waals surface area (Å²) in [5, 5.41) is 3.01. The Bertz CT molecular complexity index is 1040. The molecule has 0 spiro atoms. The highest BCUT2D eigenvalue weighted by atomic mass is 16.2. The number of aromatic nitrogens is 1. The number of nitrogens with zero attached hydrogens (tertiary/aromatic N) is 2. The van der Waals surface area contributed by atoms with Crippen LogP contribution in [0.4, 0.5) is 11.4 Å². The van der Waals surface area contributed by atoms with Crippen LogP contribution in [-0.2, 0) is 16.1 Å². The molecule has 0 radical (unpaired) electrons. The van der Waals surface area contributed by atoms with Crippen LogP contribution in [0.1, 0.15) is 22.9 Å². The van der Waals surface area contributed by atoms with E-state index in [0.717, 1.165) is 28.2 Å². The van der Waals surface area contributed by atoms with Crippen LogP contribution in [-0.4, -0.2) is 11.8 Å². The van der Waals surface area contributed by atoms with Crippen molar-refractivity contribution in [2.75, 3.05) is 10.2 Å². The maximum Gasteiger partial charge on any atom is 0.294 e. The van der Waals surface area contributed by atoms with Crippen LogP contribution in [0.2, 0.25) is 0 Å². The molecule has 3 aromatic rings. The van der Waals surface area contributed by atoms with Crippen molar-refractivity contribution in [1.82, 2.24) is 0 Å². The Morgan fingerprint density at radius 1 is 1.00 bits per heavy atom. The summed E-state index contributed by atoms with van der Waals surface area (Å²) in [6.07, 6.45) is 1.84. The molecule has 1 aliphatic heterocycles. The van der Waals surface area contributed by atoms with Gasteiger partial charge >= 0.3 is 0 Å². The Labute approximate surface area is 164 Å². The molecule has 0 fully saturated rings. The van der Waals surface area contributed by atoms with Gasteiger partial charge in [-0.1, -0.05) is 42.0 Å². The van der Waals surface area contributed by atoms with Crippen LogP contribution in [0.5, 0.6) is 0 Å². The highest BCUT2D eigenvalue weighted by Gasteiger charge is 2.43. The molecule has 4 rings (SSSR count). The first-order chi connectivity index (χ1) is 13.5. The van der Waals surface area contributed by atoms with Crippen molar-refractivity contribution in [2.45, 2.75) is 26.4 Å². The third-order valence-corrected chi connectivity index (χ3v) is 5.05. The summed E-state index contributed by atoms with van der Waals surface area (Å²) in [6.45, 7) is 4.15. The van der Waals surface area contributed by atoms with Gasteiger partial charge in [0.05, 0.1) is 0 Å². The van der Waals surface area contributed by atoms with Gasteiger partial charge in [-0.25, -0.2) is 0 Å². The van der Waals surface area contributed by atoms with Crippen LogP contribution in [0.3, 0.4) is 0 Å². The first kappa shape index (κ1) is 17.9. The number of anilines is 2. The van der Waals surface area contributed by atoms with Gasteiger partial charge in [-0.05, 0) is 37.6 Å². The zero-order valence-electron chi connectivity index (χ0n) is 15.9. The number of aryl methyl sites for hydroxylation is 2. The molecule has 5 heteroatoms. The molecule has 0 saturated heterocycles. The molecule has 140 valence electrons. The predicted molar refractivity (Wildman–Crippen MR) is 108 cm³/mol. The van der Waals surface area contributed by atoms with E-state index in [1.807, 2.05) is 91.3 Å². The predicted octanol–water partition coefficient (Wildman–Crippen LogP) is 3.32. The molecule has 1 atom stereocenters. The summed E-state index contributed by atoms with van der Waals surface area (Å²) in [6, 6.07) is 20.2. The quantitative estimate of drug-likeness (QED) is 0.717. The molecule has 1 aromatic heterocycles. The lowest BCUT2D eigenvalue weighted by Crippen LogP contribution is -2.58. The van der Waals surface area contributed by atoms with Crippen LogP contribution in [0.15, 0.2) is 72.9 Å². The third kappa shape index (κ3) is 3.27. The molecule has 2 amide bonds. The second-order valence-corrected chi connectivity index (χ2v) is 7.06. The third-order valence-electron chi connectivity index (χ3n) is 5.05. The minimum absolute atomic E-state index is 0.113. The van der Waals surface area contributed by atoms with Crippen LogP contribution < -0.4 is 14.8 Å². The van der Waals surface area contributed by atoms with Crippen molar-refractivity contribution in [3.63, 3.8) is 0 Å². The van der Waals surface area contributed by atoms with E-state index in [-0.39, 0.29) is 18.4 Å². The highest BCUT2D eigenvalue weighted by molar-refractivity contribution is 6.05. The number of hydrogen-bond donors (Lipinski definition) is 1. The van der Waals surface area contributed by atoms with Crippen molar-refractivity contribution in [1.29, 1.82) is 0 Å². The number of nitrogens with one attached hydrogen (secondary N) is 1. The fraction of sp³-hybridized carbons (Fsp3) is 0.174. The molecule has 28 heavy (non-hydrogen) atoms. The Balaban J connectivity index is 1.78. The topological polar surface area (TPSA) is 53.3 Å². The average Bonchev–Trinajstić information content (AvgIpc) is 2.69. The van der Waals surface area contributed by atoms with Crippen LogP contribution in [0, 0.1) is 13.8 Å². The normalized spacial score (nSPS) is 15.9. The molecule has 0 saturated carbocycles. The summed E-state index contributed by atoms with van der Waals surface area (Å²) in [7, 11) is 0. The van der Waals surface area contributed by atoms with Crippen molar-refractivity contribution in [3.05, 3.63) is 89.7 Å². The van der Waals surface area contributed by atoms with Gasteiger partial charge in [0.1, 0.15) is 0 Å². The maximum atomic E-state index is 13.4. The van der Waals surface area contributed by atoms with Gasteiger partial charge in [0.25, 0.3) is 11.8 Å². The molecule has 2 heterocycles. The number of pyridine rings is 1. The lowest BCUT2D eigenvalue weighted by atomic mass is 10.0. The van der Waals surface area contributed by atoms with Crippen molar-refractivity contribution < 1.29 is 14.2 Å². The molecule has 0 aliphatic carbocycles. The van der Waals surface area contributed by atoms with E-state index in [1.165, 1.54) is 0 Å². The second-order valence-electron chi connectivity index (χ2n) is 7.06. The SMILES string of the molecule is Cc1ccc(N2C(=O)C[n+]3ccccc3[C@@H]2C(=O)Nc2ccccc2C)cc1. The Morgan fingerprint density at radius 3 is 2.46 bits per heavy atom. The minimum Gasteiger partial charge on any atom is -0.324 e. The highest BCUT2D eigenvalue weighted by Crippen LogP contribution is 2.30. The number of fused-ring (bicyclic) bond motifs is 1. The van der Waals surface area contributed by atoms with Gasteiger partial charge in [0.15, 0.2) is 6.20 Å². The fourth-order valence-corrected chi connectivity index (χ4v) is 3.54. The van der Waals surface area contributed by atoms with Crippen molar-refractivity contribution in [2.24, 2.45) is 0 Å². The van der Waals surface area contributed by atoms with Gasteiger partial charge in [-0.2, -0.15) is 4.57 Å². The van der Waals surface area contributed by atoms with E-state index in [0.29, 0.717) is 0 Å². The molecule has 2 aromatic carbocycles. The van der Waals surface area contributed by atoms with Gasteiger partial charge < -0.3 is 5.32 Å². The van der Waals surface area contributed by atoms with Crippen molar-refractivity contribution >= 4 is 23.2 Å². The maximum absolute atomic E-state index is 13.4. The summed E-state index contributed by atoms with van der Waals surface area (Å²) < 4.78 is 1.84. The molecular formula is C23H22N3O2+. The lowest BCUT2D eigenvalue weighted by Gasteiger charge is -2.32. The standard InChI is InChI=1S/C23H21N3O2/c1-16-10-12-18(13-11-16)26-21(27)15-25-14-6-5-9-20(25)22(26)23(28)24-19-8-4-3-7-17(19)2/h3-14,22H,15H2,1-2H3/p+1/t22-/m1/s1. The molecular weight excluding hydrogens is 350 g/mol. The number of carbonyl (C=O) groups excluding carboxylic acids is 2. The summed E-state index contributed by atoms with van der Waals surface area (Å²) in [5.74, 6) is -0.347. The average molecular weight is 372 g/mol. The molecule has 0 bridgehead atoms. The van der Waals surface area contributed by atoms with E-state index < -0.39 is 6.04 Å². The van der Waals surface area contributed by atoms with E-state index in [1.54, 1.807) is 4.90 Å². The van der Waals surface area contributed by atoms with Gasteiger partial charge in [0, 0.05) is 23.5 Å². The van der Waals surface area contributed by atoms with Gasteiger partial charge in [0.2, 0.25) is 18.3 Å². The Morgan fingerprint density at radius 2 is 1.71 bits per heavy atom. The molecule has 1 aliphatic rings. The molecule has 0 unspecified atom stereocenters. The zero-order chi connectivity index (χ0) is 19.7. The van der Waals surface area contributed by atoms with E-state index in [2.05, 4.69) is 5.32 Å². The number of rotatable bonds is 3. The Hall–Kier alpha value is -3.47. The number of amides is 2. The van der Waals surface area contributed by atoms with Gasteiger partial charge in [-0.3, -0.25) is 14.5 Å². The first-order valence-corrected chi connectivity index (χ1v) is 9.28.